The van der Waals surface area contributed by atoms with Gasteiger partial charge in [0.1, 0.15) is 0 Å². The quantitative estimate of drug-likeness (QED) is 0.655. The molecule has 0 saturated heterocycles. The van der Waals surface area contributed by atoms with Crippen LogP contribution in [0.2, 0.25) is 0 Å². The van der Waals surface area contributed by atoms with Crippen molar-refractivity contribution < 1.29 is 0 Å². The monoisotopic (exact) mass is 307 g/mol. The van der Waals surface area contributed by atoms with E-state index in [9.17, 15) is 0 Å². The summed E-state index contributed by atoms with van der Waals surface area (Å²) in [6.45, 7) is 5.96. The Balaban J connectivity index is 1.80. The average molecular weight is 307 g/mol. The summed E-state index contributed by atoms with van der Waals surface area (Å²) in [5.41, 5.74) is 0. The van der Waals surface area contributed by atoms with Gasteiger partial charge in [0.2, 0.25) is 0 Å². The second-order valence-electron chi connectivity index (χ2n) is 4.51. The van der Waals surface area contributed by atoms with Crippen LogP contribution in [0.3, 0.4) is 0 Å². The number of rotatable bonds is 5. The summed E-state index contributed by atoms with van der Waals surface area (Å²) < 4.78 is 0. The first kappa shape index (κ1) is 15.1. The lowest BCUT2D eigenvalue weighted by Crippen LogP contribution is -2.35. The molecule has 3 nitrogen and oxygen atoms in total. The summed E-state index contributed by atoms with van der Waals surface area (Å²) in [5, 5.41) is 6.70. The van der Waals surface area contributed by atoms with Gasteiger partial charge in [0.15, 0.2) is 5.96 Å². The molecule has 0 spiro atoms. The molecule has 2 heterocycles. The van der Waals surface area contributed by atoms with Crippen LogP contribution in [0.15, 0.2) is 29.3 Å². The zero-order valence-electron chi connectivity index (χ0n) is 12.2. The number of nitrogens with one attached hydrogen (secondary N) is 2. The van der Waals surface area contributed by atoms with E-state index in [0.717, 1.165) is 25.5 Å². The third kappa shape index (κ3) is 4.35. The summed E-state index contributed by atoms with van der Waals surface area (Å²) in [6, 6.07) is 8.70. The van der Waals surface area contributed by atoms with Crippen molar-refractivity contribution in [3.63, 3.8) is 0 Å². The molecule has 0 aliphatic carbocycles. The Labute approximate surface area is 128 Å². The van der Waals surface area contributed by atoms with Gasteiger partial charge in [0, 0.05) is 26.6 Å². The van der Waals surface area contributed by atoms with Crippen molar-refractivity contribution in [1.29, 1.82) is 0 Å². The number of hydrogen-bond donors (Lipinski definition) is 2. The zero-order chi connectivity index (χ0) is 14.4. The molecule has 0 atom stereocenters. The fraction of sp³-hybridized carbons (Fsp3) is 0.400. The van der Waals surface area contributed by atoms with Crippen LogP contribution in [0, 0.1) is 6.92 Å². The Kier molecular flexibility index (Phi) is 5.61. The summed E-state index contributed by atoms with van der Waals surface area (Å²) in [7, 11) is 1.81. The molecule has 0 aromatic carbocycles. The van der Waals surface area contributed by atoms with Crippen LogP contribution >= 0.6 is 22.7 Å². The minimum absolute atomic E-state index is 0.822. The summed E-state index contributed by atoms with van der Waals surface area (Å²) in [5.74, 6) is 0.850. The molecule has 0 aliphatic rings. The van der Waals surface area contributed by atoms with Crippen LogP contribution in [0.25, 0.3) is 0 Å². The Morgan fingerprint density at radius 2 is 1.60 bits per heavy atom. The van der Waals surface area contributed by atoms with Crippen LogP contribution in [-0.4, -0.2) is 13.0 Å². The van der Waals surface area contributed by atoms with Crippen molar-refractivity contribution in [2.75, 3.05) is 7.05 Å². The molecule has 2 rings (SSSR count). The molecular weight excluding hydrogens is 286 g/mol. The maximum absolute atomic E-state index is 4.26. The van der Waals surface area contributed by atoms with E-state index in [1.54, 1.807) is 7.05 Å². The number of aliphatic imine (C=N–C) groups is 1. The van der Waals surface area contributed by atoms with Gasteiger partial charge < -0.3 is 10.6 Å². The smallest absolute Gasteiger partial charge is 0.191 e. The molecule has 0 radical (unpaired) electrons. The van der Waals surface area contributed by atoms with Gasteiger partial charge >= 0.3 is 0 Å². The third-order valence-corrected chi connectivity index (χ3v) is 5.18. The lowest BCUT2D eigenvalue weighted by Gasteiger charge is -2.10. The fourth-order valence-corrected chi connectivity index (χ4v) is 3.58. The molecule has 0 unspecified atom stereocenters. The van der Waals surface area contributed by atoms with Crippen molar-refractivity contribution in [2.45, 2.75) is 33.4 Å². The topological polar surface area (TPSA) is 36.4 Å². The normalized spacial score (nSPS) is 11.7. The molecule has 0 amide bonds. The molecule has 0 bridgehead atoms. The highest BCUT2D eigenvalue weighted by Crippen LogP contribution is 2.16. The Bertz CT molecular complexity index is 569. The van der Waals surface area contributed by atoms with E-state index in [4.69, 9.17) is 0 Å². The minimum Gasteiger partial charge on any atom is -0.352 e. The van der Waals surface area contributed by atoms with Crippen molar-refractivity contribution in [3.05, 3.63) is 43.8 Å². The lowest BCUT2D eigenvalue weighted by molar-refractivity contribution is 0.822. The standard InChI is InChI=1S/C15H21N3S2/c1-4-12-7-8-14(20-12)10-18-15(16-3)17-9-13-6-5-11(2)19-13/h5-8H,4,9-10H2,1-3H3,(H2,16,17,18). The Morgan fingerprint density at radius 3 is 2.10 bits per heavy atom. The van der Waals surface area contributed by atoms with E-state index in [0.29, 0.717) is 0 Å². The van der Waals surface area contributed by atoms with Crippen LogP contribution in [0.1, 0.15) is 26.4 Å². The number of aryl methyl sites for hydroxylation is 2. The molecule has 20 heavy (non-hydrogen) atoms. The average Bonchev–Trinajstić information content (AvgIpc) is 3.08. The Hall–Kier alpha value is -1.33. The number of thiophene rings is 2. The Morgan fingerprint density at radius 1 is 1.00 bits per heavy atom. The molecule has 108 valence electrons. The van der Waals surface area contributed by atoms with Crippen LogP contribution in [-0.2, 0) is 19.5 Å². The maximum Gasteiger partial charge on any atom is 0.191 e. The second-order valence-corrected chi connectivity index (χ2v) is 7.14. The van der Waals surface area contributed by atoms with Crippen LogP contribution < -0.4 is 10.6 Å². The molecule has 0 saturated carbocycles. The molecule has 2 N–H and O–H groups in total. The second kappa shape index (κ2) is 7.45. The fourth-order valence-electron chi connectivity index (χ4n) is 1.85. The highest BCUT2D eigenvalue weighted by molar-refractivity contribution is 7.12. The van der Waals surface area contributed by atoms with E-state index >= 15 is 0 Å². The largest absolute Gasteiger partial charge is 0.352 e. The number of guanidine groups is 1. The number of nitrogens with zero attached hydrogens (tertiary/aromatic N) is 1. The van der Waals surface area contributed by atoms with Gasteiger partial charge in [-0.05, 0) is 37.6 Å². The van der Waals surface area contributed by atoms with Crippen molar-refractivity contribution in [2.24, 2.45) is 4.99 Å². The van der Waals surface area contributed by atoms with E-state index in [2.05, 4.69) is 53.7 Å². The van der Waals surface area contributed by atoms with E-state index < -0.39 is 0 Å². The third-order valence-electron chi connectivity index (χ3n) is 2.95. The predicted octanol–water partition coefficient (Wildman–Crippen LogP) is 3.55. The highest BCUT2D eigenvalue weighted by Gasteiger charge is 2.02. The molecular formula is C15H21N3S2. The number of hydrogen-bond acceptors (Lipinski definition) is 3. The van der Waals surface area contributed by atoms with Crippen molar-refractivity contribution in [3.8, 4) is 0 Å². The summed E-state index contributed by atoms with van der Waals surface area (Å²) in [6.07, 6.45) is 1.11. The van der Waals surface area contributed by atoms with Gasteiger partial charge in [0.05, 0.1) is 13.1 Å². The maximum atomic E-state index is 4.26. The van der Waals surface area contributed by atoms with Crippen molar-refractivity contribution in [1.82, 2.24) is 10.6 Å². The van der Waals surface area contributed by atoms with Gasteiger partial charge in [-0.1, -0.05) is 6.92 Å². The van der Waals surface area contributed by atoms with Gasteiger partial charge in [-0.3, -0.25) is 4.99 Å². The van der Waals surface area contributed by atoms with Gasteiger partial charge in [-0.2, -0.15) is 0 Å². The zero-order valence-corrected chi connectivity index (χ0v) is 13.8. The van der Waals surface area contributed by atoms with E-state index in [-0.39, 0.29) is 0 Å². The first-order valence-corrected chi connectivity index (χ1v) is 8.42. The summed E-state index contributed by atoms with van der Waals surface area (Å²) >= 11 is 3.68. The van der Waals surface area contributed by atoms with Crippen LogP contribution in [0.5, 0.6) is 0 Å². The molecule has 5 heteroatoms. The van der Waals surface area contributed by atoms with Gasteiger partial charge in [0.25, 0.3) is 0 Å². The molecule has 2 aromatic heterocycles. The highest BCUT2D eigenvalue weighted by atomic mass is 32.1. The first-order valence-electron chi connectivity index (χ1n) is 6.78. The van der Waals surface area contributed by atoms with E-state index in [1.807, 2.05) is 22.7 Å². The molecule has 2 aromatic rings. The first-order chi connectivity index (χ1) is 9.71. The lowest BCUT2D eigenvalue weighted by atomic mass is 10.3. The van der Waals surface area contributed by atoms with Crippen molar-refractivity contribution >= 4 is 28.6 Å². The SMILES string of the molecule is CCc1ccc(CNC(=NC)NCc2ccc(C)s2)s1. The van der Waals surface area contributed by atoms with Gasteiger partial charge in [-0.25, -0.2) is 0 Å². The minimum atomic E-state index is 0.822. The summed E-state index contributed by atoms with van der Waals surface area (Å²) in [4.78, 5) is 9.70. The molecule has 0 fully saturated rings. The van der Waals surface area contributed by atoms with Crippen LogP contribution in [0.4, 0.5) is 0 Å². The molecule has 0 aliphatic heterocycles. The van der Waals surface area contributed by atoms with E-state index in [1.165, 1.54) is 19.5 Å². The van der Waals surface area contributed by atoms with Gasteiger partial charge in [-0.15, -0.1) is 22.7 Å². The predicted molar refractivity (Wildman–Crippen MR) is 89.8 cm³/mol.